The molecule has 0 spiro atoms. The molecule has 1 saturated carbocycles. The van der Waals surface area contributed by atoms with Gasteiger partial charge in [0.05, 0.1) is 17.5 Å². The Balaban J connectivity index is 1.73. The molecule has 1 aliphatic carbocycles. The van der Waals surface area contributed by atoms with Crippen molar-refractivity contribution in [3.63, 3.8) is 0 Å². The van der Waals surface area contributed by atoms with Gasteiger partial charge in [-0.3, -0.25) is 4.79 Å². The summed E-state index contributed by atoms with van der Waals surface area (Å²) in [5.74, 6) is -0.267. The van der Waals surface area contributed by atoms with Gasteiger partial charge in [0, 0.05) is 23.7 Å². The number of benzene rings is 1. The Kier molecular flexibility index (Phi) is 7.30. The second-order valence-electron chi connectivity index (χ2n) is 7.24. The third-order valence-electron chi connectivity index (χ3n) is 5.25. The number of rotatable bonds is 7. The van der Waals surface area contributed by atoms with Crippen molar-refractivity contribution in [2.24, 2.45) is 0 Å². The first-order valence-electron chi connectivity index (χ1n) is 9.62. The minimum Gasteiger partial charge on any atom is -0.376 e. The van der Waals surface area contributed by atoms with Crippen molar-refractivity contribution in [3.8, 4) is 0 Å². The molecule has 0 radical (unpaired) electrons. The summed E-state index contributed by atoms with van der Waals surface area (Å²) < 4.78 is 34.2. The van der Waals surface area contributed by atoms with E-state index in [2.05, 4.69) is 21.2 Å². The maximum atomic E-state index is 13.2. The number of amides is 1. The van der Waals surface area contributed by atoms with Crippen molar-refractivity contribution in [1.82, 2.24) is 9.62 Å². The monoisotopic (exact) mass is 458 g/mol. The average molecular weight is 459 g/mol. The lowest BCUT2D eigenvalue weighted by Gasteiger charge is -2.33. The van der Waals surface area contributed by atoms with Gasteiger partial charge in [-0.1, -0.05) is 35.2 Å². The van der Waals surface area contributed by atoms with E-state index in [1.165, 1.54) is 4.31 Å². The maximum absolute atomic E-state index is 13.2. The van der Waals surface area contributed by atoms with Gasteiger partial charge in [0.1, 0.15) is 0 Å². The first-order valence-corrected chi connectivity index (χ1v) is 11.9. The highest BCUT2D eigenvalue weighted by Crippen LogP contribution is 2.28. The predicted molar refractivity (Wildman–Crippen MR) is 107 cm³/mol. The number of halogens is 1. The minimum atomic E-state index is -3.73. The van der Waals surface area contributed by atoms with Crippen LogP contribution < -0.4 is 5.32 Å². The van der Waals surface area contributed by atoms with E-state index in [0.29, 0.717) is 6.54 Å². The molecule has 2 fully saturated rings. The summed E-state index contributed by atoms with van der Waals surface area (Å²) >= 11 is 3.33. The molecule has 1 aromatic carbocycles. The van der Waals surface area contributed by atoms with Crippen LogP contribution in [0.15, 0.2) is 33.6 Å². The standard InChI is InChI=1S/C19H27BrN2O4S/c20-15-8-10-18(11-9-15)27(24,25)22(16-5-2-1-3-6-16)14-19(23)21-13-17-7-4-12-26-17/h8-11,16-17H,1-7,12-14H2,(H,21,23)/t17-/m1/s1. The zero-order valence-electron chi connectivity index (χ0n) is 15.4. The summed E-state index contributed by atoms with van der Waals surface area (Å²) in [5.41, 5.74) is 0. The first-order chi connectivity index (χ1) is 13.0. The topological polar surface area (TPSA) is 75.7 Å². The fraction of sp³-hybridized carbons (Fsp3) is 0.632. The van der Waals surface area contributed by atoms with Gasteiger partial charge in [-0.15, -0.1) is 0 Å². The van der Waals surface area contributed by atoms with Crippen LogP contribution >= 0.6 is 15.9 Å². The van der Waals surface area contributed by atoms with Crippen LogP contribution in [-0.2, 0) is 19.6 Å². The Hall–Kier alpha value is -0.960. The van der Waals surface area contributed by atoms with Crippen LogP contribution in [0.25, 0.3) is 0 Å². The molecule has 1 saturated heterocycles. The SMILES string of the molecule is O=C(CN(C1CCCCC1)S(=O)(=O)c1ccc(Br)cc1)NC[C@H]1CCCO1. The van der Waals surface area contributed by atoms with Crippen molar-refractivity contribution in [2.75, 3.05) is 19.7 Å². The zero-order chi connectivity index (χ0) is 19.3. The van der Waals surface area contributed by atoms with Crippen LogP contribution in [0, 0.1) is 0 Å². The summed E-state index contributed by atoms with van der Waals surface area (Å²) in [5, 5.41) is 2.85. The molecule has 1 N–H and O–H groups in total. The van der Waals surface area contributed by atoms with E-state index in [9.17, 15) is 13.2 Å². The summed E-state index contributed by atoms with van der Waals surface area (Å²) in [4.78, 5) is 12.7. The molecule has 8 heteroatoms. The highest BCUT2D eigenvalue weighted by molar-refractivity contribution is 9.10. The maximum Gasteiger partial charge on any atom is 0.243 e. The summed E-state index contributed by atoms with van der Waals surface area (Å²) in [7, 11) is -3.73. The Morgan fingerprint density at radius 3 is 2.44 bits per heavy atom. The Morgan fingerprint density at radius 2 is 1.81 bits per heavy atom. The highest BCUT2D eigenvalue weighted by Gasteiger charge is 2.34. The van der Waals surface area contributed by atoms with Gasteiger partial charge in [0.2, 0.25) is 15.9 Å². The van der Waals surface area contributed by atoms with Gasteiger partial charge in [-0.05, 0) is 49.9 Å². The largest absolute Gasteiger partial charge is 0.376 e. The van der Waals surface area contributed by atoms with Gasteiger partial charge < -0.3 is 10.1 Å². The second kappa shape index (κ2) is 9.49. The lowest BCUT2D eigenvalue weighted by atomic mass is 9.95. The third kappa shape index (κ3) is 5.53. The molecule has 1 aromatic rings. The molecule has 1 aliphatic heterocycles. The highest BCUT2D eigenvalue weighted by atomic mass is 79.9. The Bertz CT molecular complexity index is 727. The number of carbonyl (C=O) groups excluding carboxylic acids is 1. The van der Waals surface area contributed by atoms with Crippen LogP contribution in [0.4, 0.5) is 0 Å². The second-order valence-corrected chi connectivity index (χ2v) is 10.0. The molecule has 0 unspecified atom stereocenters. The number of carbonyl (C=O) groups is 1. The van der Waals surface area contributed by atoms with E-state index >= 15 is 0 Å². The van der Waals surface area contributed by atoms with E-state index < -0.39 is 10.0 Å². The van der Waals surface area contributed by atoms with E-state index in [0.717, 1.165) is 56.0 Å². The van der Waals surface area contributed by atoms with E-state index in [1.807, 2.05) is 0 Å². The van der Waals surface area contributed by atoms with E-state index in [4.69, 9.17) is 4.74 Å². The van der Waals surface area contributed by atoms with Gasteiger partial charge in [0.15, 0.2) is 0 Å². The van der Waals surface area contributed by atoms with Crippen molar-refractivity contribution >= 4 is 31.9 Å². The van der Waals surface area contributed by atoms with Crippen molar-refractivity contribution in [2.45, 2.75) is 62.0 Å². The molecule has 2 aliphatic rings. The minimum absolute atomic E-state index is 0.0418. The van der Waals surface area contributed by atoms with Gasteiger partial charge in [0.25, 0.3) is 0 Å². The van der Waals surface area contributed by atoms with E-state index in [-0.39, 0.29) is 29.5 Å². The molecule has 150 valence electrons. The molecular formula is C19H27BrN2O4S. The molecule has 27 heavy (non-hydrogen) atoms. The number of nitrogens with zero attached hydrogens (tertiary/aromatic N) is 1. The van der Waals surface area contributed by atoms with Crippen molar-refractivity contribution < 1.29 is 17.9 Å². The number of sulfonamides is 1. The molecular weight excluding hydrogens is 432 g/mol. The van der Waals surface area contributed by atoms with Crippen LogP contribution in [0.1, 0.15) is 44.9 Å². The molecule has 6 nitrogen and oxygen atoms in total. The normalized spacial score (nSPS) is 21.5. The molecule has 0 aromatic heterocycles. The van der Waals surface area contributed by atoms with Crippen LogP contribution in [-0.4, -0.2) is 50.5 Å². The third-order valence-corrected chi connectivity index (χ3v) is 7.69. The van der Waals surface area contributed by atoms with Crippen molar-refractivity contribution in [1.29, 1.82) is 0 Å². The van der Waals surface area contributed by atoms with Crippen LogP contribution in [0.3, 0.4) is 0 Å². The molecule has 3 rings (SSSR count). The molecule has 1 atom stereocenters. The quantitative estimate of drug-likeness (QED) is 0.680. The lowest BCUT2D eigenvalue weighted by Crippen LogP contribution is -2.47. The van der Waals surface area contributed by atoms with Gasteiger partial charge in [-0.25, -0.2) is 8.42 Å². The summed E-state index contributed by atoms with van der Waals surface area (Å²) in [6.07, 6.45) is 6.69. The van der Waals surface area contributed by atoms with Gasteiger partial charge in [-0.2, -0.15) is 4.31 Å². The Labute approximate surface area is 169 Å². The van der Waals surface area contributed by atoms with Crippen LogP contribution in [0.5, 0.6) is 0 Å². The Morgan fingerprint density at radius 1 is 1.11 bits per heavy atom. The molecule has 0 bridgehead atoms. The first kappa shape index (κ1) is 20.8. The lowest BCUT2D eigenvalue weighted by molar-refractivity contribution is -0.122. The summed E-state index contributed by atoms with van der Waals surface area (Å²) in [6, 6.07) is 6.47. The number of hydrogen-bond acceptors (Lipinski definition) is 4. The number of nitrogens with one attached hydrogen (secondary N) is 1. The molecule has 1 amide bonds. The smallest absolute Gasteiger partial charge is 0.243 e. The average Bonchev–Trinajstić information content (AvgIpc) is 3.19. The fourth-order valence-electron chi connectivity index (χ4n) is 3.75. The summed E-state index contributed by atoms with van der Waals surface area (Å²) in [6.45, 7) is 1.03. The number of ether oxygens (including phenoxy) is 1. The predicted octanol–water partition coefficient (Wildman–Crippen LogP) is 3.07. The zero-order valence-corrected chi connectivity index (χ0v) is 17.8. The number of hydrogen-bond donors (Lipinski definition) is 1. The van der Waals surface area contributed by atoms with Gasteiger partial charge >= 0.3 is 0 Å². The van der Waals surface area contributed by atoms with Crippen molar-refractivity contribution in [3.05, 3.63) is 28.7 Å². The van der Waals surface area contributed by atoms with Crippen LogP contribution in [0.2, 0.25) is 0 Å². The van der Waals surface area contributed by atoms with E-state index in [1.54, 1.807) is 24.3 Å². The molecule has 1 heterocycles. The fourth-order valence-corrected chi connectivity index (χ4v) is 5.66.